The average Bonchev–Trinajstić information content (AvgIpc) is 4.18. The van der Waals surface area contributed by atoms with Gasteiger partial charge in [0.05, 0.1) is 23.5 Å². The zero-order valence-corrected chi connectivity index (χ0v) is 44.6. The first-order chi connectivity index (χ1) is 31.5. The summed E-state index contributed by atoms with van der Waals surface area (Å²) in [7, 11) is 0. The number of rotatable bonds is 28. The van der Waals surface area contributed by atoms with Crippen molar-refractivity contribution in [2.45, 2.75) is 196 Å². The second kappa shape index (κ2) is 23.6. The van der Waals surface area contributed by atoms with Gasteiger partial charge in [-0.2, -0.15) is 17.5 Å². The molecule has 4 nitrogen and oxygen atoms in total. The van der Waals surface area contributed by atoms with Crippen LogP contribution in [0.5, 0.6) is 0 Å². The van der Waals surface area contributed by atoms with Crippen molar-refractivity contribution >= 4 is 122 Å². The summed E-state index contributed by atoms with van der Waals surface area (Å²) < 4.78 is 23.7. The first kappa shape index (κ1) is 48.1. The van der Waals surface area contributed by atoms with E-state index in [1.807, 2.05) is 45.3 Å². The van der Waals surface area contributed by atoms with E-state index in [0.29, 0.717) is 0 Å². The van der Waals surface area contributed by atoms with E-state index in [1.165, 1.54) is 237 Å². The van der Waals surface area contributed by atoms with Gasteiger partial charge in [0.25, 0.3) is 0 Å². The molecule has 0 radical (unpaired) electrons. The molecule has 6 heterocycles. The van der Waals surface area contributed by atoms with Crippen molar-refractivity contribution in [1.82, 2.24) is 17.5 Å². The second-order valence-corrected chi connectivity index (χ2v) is 23.7. The third-order valence-electron chi connectivity index (χ3n) is 14.1. The van der Waals surface area contributed by atoms with Crippen molar-refractivity contribution in [2.75, 3.05) is 0 Å². The van der Waals surface area contributed by atoms with Gasteiger partial charge in [-0.25, -0.2) is 0 Å². The second-order valence-electron chi connectivity index (χ2n) is 18.8. The largest absolute Gasteiger partial charge is 0.172 e. The molecule has 2 unspecified atom stereocenters. The van der Waals surface area contributed by atoms with Gasteiger partial charge in [0, 0.05) is 50.5 Å². The molecule has 10 heteroatoms. The zero-order valence-electron chi connectivity index (χ0n) is 39.7. The molecule has 0 amide bonds. The number of thiophene rings is 4. The van der Waals surface area contributed by atoms with Gasteiger partial charge in [0.1, 0.15) is 22.1 Å². The molecule has 8 aromatic rings. The molecular weight excluding hydrogens is 897 g/mol. The molecule has 0 aliphatic rings. The van der Waals surface area contributed by atoms with Gasteiger partial charge in [-0.05, 0) is 95.5 Å². The van der Waals surface area contributed by atoms with E-state index in [9.17, 15) is 0 Å². The minimum atomic E-state index is 0.756. The van der Waals surface area contributed by atoms with Crippen LogP contribution in [0.1, 0.15) is 192 Å². The Bertz CT molecular complexity index is 2520. The van der Waals surface area contributed by atoms with Crippen molar-refractivity contribution in [2.24, 2.45) is 11.8 Å². The summed E-state index contributed by atoms with van der Waals surface area (Å²) in [5.41, 5.74) is 10.3. The number of fused-ring (bicyclic) bond motifs is 11. The highest BCUT2D eigenvalue weighted by Gasteiger charge is 2.29. The maximum Gasteiger partial charge on any atom is 0.114 e. The molecule has 0 fully saturated rings. The van der Waals surface area contributed by atoms with Gasteiger partial charge in [-0.3, -0.25) is 0 Å². The maximum absolute atomic E-state index is 5.25. The molecule has 344 valence electrons. The lowest BCUT2D eigenvalue weighted by Gasteiger charge is -2.12. The van der Waals surface area contributed by atoms with E-state index in [-0.39, 0.29) is 0 Å². The highest BCUT2D eigenvalue weighted by molar-refractivity contribution is 7.28. The fourth-order valence-corrected chi connectivity index (χ4v) is 16.4. The molecule has 0 aliphatic carbocycles. The Kier molecular flexibility index (Phi) is 17.7. The van der Waals surface area contributed by atoms with Crippen LogP contribution in [0.2, 0.25) is 0 Å². The van der Waals surface area contributed by atoms with Gasteiger partial charge in [-0.15, -0.1) is 45.3 Å². The van der Waals surface area contributed by atoms with E-state index < -0.39 is 0 Å². The number of hydrogen-bond donors (Lipinski definition) is 0. The van der Waals surface area contributed by atoms with E-state index in [0.717, 1.165) is 46.7 Å². The SMILES string of the molecule is CCCCCCCCc1c(-c2cc(CC(CC)CCCC)cs2)sc2c1c1nsnc1c1c3sc(-c4cc(CC(CC)CCCC)cs4)c(CCCCCCCC)c3c3nsnc3c21. The Balaban J connectivity index is 1.31. The van der Waals surface area contributed by atoms with Gasteiger partial charge >= 0.3 is 0 Å². The van der Waals surface area contributed by atoms with Gasteiger partial charge < -0.3 is 0 Å². The zero-order chi connectivity index (χ0) is 44.4. The number of aromatic nitrogens is 4. The summed E-state index contributed by atoms with van der Waals surface area (Å²) in [6.07, 6.45) is 30.4. The predicted molar refractivity (Wildman–Crippen MR) is 291 cm³/mol. The van der Waals surface area contributed by atoms with Crippen LogP contribution < -0.4 is 0 Å². The summed E-state index contributed by atoms with van der Waals surface area (Å²) in [6.45, 7) is 14.0. The molecule has 0 spiro atoms. The summed E-state index contributed by atoms with van der Waals surface area (Å²) in [6, 6.07) is 5.10. The highest BCUT2D eigenvalue weighted by atomic mass is 32.1. The van der Waals surface area contributed by atoms with Crippen LogP contribution in [-0.2, 0) is 25.7 Å². The Morgan fingerprint density at radius 1 is 0.438 bits per heavy atom. The van der Waals surface area contributed by atoms with Crippen LogP contribution in [0, 0.1) is 11.8 Å². The van der Waals surface area contributed by atoms with Crippen LogP contribution in [0.25, 0.3) is 72.5 Å². The minimum Gasteiger partial charge on any atom is -0.172 e. The fourth-order valence-electron chi connectivity index (χ4n) is 10.3. The molecule has 6 aromatic heterocycles. The van der Waals surface area contributed by atoms with Crippen molar-refractivity contribution in [3.63, 3.8) is 0 Å². The van der Waals surface area contributed by atoms with Crippen molar-refractivity contribution in [1.29, 1.82) is 0 Å². The van der Waals surface area contributed by atoms with Gasteiger partial charge in [0.15, 0.2) is 0 Å². The maximum atomic E-state index is 5.25. The van der Waals surface area contributed by atoms with Crippen molar-refractivity contribution in [3.05, 3.63) is 45.1 Å². The summed E-state index contributed by atoms with van der Waals surface area (Å²) >= 11 is 10.7. The quantitative estimate of drug-likeness (QED) is 0.0459. The van der Waals surface area contributed by atoms with Crippen LogP contribution >= 0.6 is 68.8 Å². The van der Waals surface area contributed by atoms with E-state index in [2.05, 4.69) is 64.4 Å². The fraction of sp³-hybridized carbons (Fsp3) is 0.593. The van der Waals surface area contributed by atoms with Crippen LogP contribution in [0.15, 0.2) is 22.9 Å². The van der Waals surface area contributed by atoms with Gasteiger partial charge in [-0.1, -0.05) is 157 Å². The Hall–Kier alpha value is -2.34. The Morgan fingerprint density at radius 2 is 0.812 bits per heavy atom. The van der Waals surface area contributed by atoms with Crippen LogP contribution in [0.4, 0.5) is 0 Å². The Labute approximate surface area is 408 Å². The molecule has 2 atom stereocenters. The van der Waals surface area contributed by atoms with Gasteiger partial charge in [0.2, 0.25) is 0 Å². The molecule has 2 aromatic carbocycles. The molecule has 0 saturated heterocycles. The molecule has 0 saturated carbocycles. The number of aryl methyl sites for hydroxylation is 2. The molecular formula is C54H72N4S6. The minimum absolute atomic E-state index is 0.756. The predicted octanol–water partition coefficient (Wildman–Crippen LogP) is 20.1. The van der Waals surface area contributed by atoms with E-state index in [4.69, 9.17) is 17.5 Å². The normalized spacial score (nSPS) is 13.3. The molecule has 0 bridgehead atoms. The van der Waals surface area contributed by atoms with Crippen molar-refractivity contribution in [3.8, 4) is 19.5 Å². The third kappa shape index (κ3) is 10.5. The average molecular weight is 970 g/mol. The topological polar surface area (TPSA) is 51.6 Å². The standard InChI is InChI=1S/C54H72N4S6/c1-7-13-17-19-21-23-27-39-43-47-49(57-63-55-47)46-45(53(43)61-51(39)41-31-37(33-59-41)29-35(11-5)25-15-9-3)50-48(56-64-58-50)44-40(28-24-22-20-18-14-8-2)52(62-54(44)46)42-32-38(34-60-42)30-36(12-6)26-16-10-4/h31-36H,7-30H2,1-6H3. The summed E-state index contributed by atoms with van der Waals surface area (Å²) in [5.74, 6) is 1.51. The molecule has 0 N–H and O–H groups in total. The molecule has 8 rings (SSSR count). The monoisotopic (exact) mass is 968 g/mol. The third-order valence-corrected chi connectivity index (χ3v) is 20.0. The Morgan fingerprint density at radius 3 is 1.20 bits per heavy atom. The van der Waals surface area contributed by atoms with Crippen LogP contribution in [-0.4, -0.2) is 17.5 Å². The number of benzene rings is 2. The number of nitrogens with zero attached hydrogens (tertiary/aromatic N) is 4. The summed E-state index contributed by atoms with van der Waals surface area (Å²) in [4.78, 5) is 5.75. The highest BCUT2D eigenvalue weighted by Crippen LogP contribution is 2.54. The van der Waals surface area contributed by atoms with Crippen LogP contribution in [0.3, 0.4) is 0 Å². The first-order valence-corrected chi connectivity index (χ1v) is 30.3. The van der Waals surface area contributed by atoms with Crippen molar-refractivity contribution < 1.29 is 0 Å². The van der Waals surface area contributed by atoms with E-state index >= 15 is 0 Å². The molecule has 64 heavy (non-hydrogen) atoms. The molecule has 0 aliphatic heterocycles. The number of unbranched alkanes of at least 4 members (excludes halogenated alkanes) is 12. The lowest BCUT2D eigenvalue weighted by molar-refractivity contribution is 0.449. The lowest BCUT2D eigenvalue weighted by Crippen LogP contribution is -2.02. The summed E-state index contributed by atoms with van der Waals surface area (Å²) in [5, 5.41) is 10.1. The smallest absolute Gasteiger partial charge is 0.114 e. The number of hydrogen-bond acceptors (Lipinski definition) is 10. The lowest BCUT2D eigenvalue weighted by atomic mass is 9.92. The first-order valence-electron chi connectivity index (χ1n) is 25.4. The van der Waals surface area contributed by atoms with E-state index in [1.54, 1.807) is 0 Å².